The van der Waals surface area contributed by atoms with E-state index in [4.69, 9.17) is 9.47 Å². The lowest BCUT2D eigenvalue weighted by atomic mass is 9.88. The number of benzene rings is 1. The van der Waals surface area contributed by atoms with Gasteiger partial charge in [-0.15, -0.1) is 0 Å². The molecule has 1 aliphatic rings. The molecule has 0 saturated carbocycles. The number of hydrogen-bond donors (Lipinski definition) is 0. The highest BCUT2D eigenvalue weighted by Crippen LogP contribution is 2.34. The van der Waals surface area contributed by atoms with Crippen LogP contribution in [0.2, 0.25) is 0 Å². The third-order valence-electron chi connectivity index (χ3n) is 4.40. The molecule has 124 valence electrons. The third kappa shape index (κ3) is 3.27. The zero-order chi connectivity index (χ0) is 17.3. The average molecular weight is 322 g/mol. The van der Waals surface area contributed by atoms with Gasteiger partial charge in [-0.3, -0.25) is 0 Å². The van der Waals surface area contributed by atoms with Gasteiger partial charge in [0.15, 0.2) is 0 Å². The van der Waals surface area contributed by atoms with Gasteiger partial charge in [0.1, 0.15) is 18.2 Å². The number of nitrogens with zero attached hydrogens (tertiary/aromatic N) is 2. The van der Waals surface area contributed by atoms with Crippen molar-refractivity contribution < 1.29 is 9.47 Å². The number of ether oxygens (including phenoxy) is 2. The Morgan fingerprint density at radius 1 is 1.21 bits per heavy atom. The highest BCUT2D eigenvalue weighted by Gasteiger charge is 2.31. The molecule has 0 amide bonds. The van der Waals surface area contributed by atoms with Crippen molar-refractivity contribution >= 4 is 0 Å². The predicted octanol–water partition coefficient (Wildman–Crippen LogP) is 4.00. The molecule has 1 aromatic carbocycles. The summed E-state index contributed by atoms with van der Waals surface area (Å²) in [5, 5.41) is 9.66. The Morgan fingerprint density at radius 3 is 2.58 bits per heavy atom. The maximum Gasteiger partial charge on any atom is 0.232 e. The van der Waals surface area contributed by atoms with Crippen LogP contribution in [-0.4, -0.2) is 10.6 Å². The number of nitriles is 1. The Kier molecular flexibility index (Phi) is 4.29. The van der Waals surface area contributed by atoms with Gasteiger partial charge in [-0.2, -0.15) is 5.26 Å². The molecule has 0 saturated heterocycles. The van der Waals surface area contributed by atoms with E-state index < -0.39 is 0 Å². The summed E-state index contributed by atoms with van der Waals surface area (Å²) in [5.41, 5.74) is 5.44. The quantitative estimate of drug-likeness (QED) is 0.857. The Bertz CT molecular complexity index is 802. The lowest BCUT2D eigenvalue weighted by Gasteiger charge is -2.33. The fraction of sp³-hybridized carbons (Fsp3) is 0.400. The van der Waals surface area contributed by atoms with Gasteiger partial charge in [0.05, 0.1) is 12.2 Å². The van der Waals surface area contributed by atoms with Crippen LogP contribution in [0.3, 0.4) is 0 Å². The highest BCUT2D eigenvalue weighted by atomic mass is 16.5. The molecule has 0 aliphatic carbocycles. The molecule has 1 aromatic heterocycles. The fourth-order valence-corrected chi connectivity index (χ4v) is 2.96. The summed E-state index contributed by atoms with van der Waals surface area (Å²) in [6.45, 7) is 8.98. The van der Waals surface area contributed by atoms with Gasteiger partial charge in [0.25, 0.3) is 0 Å². The second-order valence-corrected chi connectivity index (χ2v) is 6.95. The van der Waals surface area contributed by atoms with E-state index >= 15 is 0 Å². The van der Waals surface area contributed by atoms with E-state index in [2.05, 4.69) is 30.1 Å². The maximum absolute atomic E-state index is 9.66. The van der Waals surface area contributed by atoms with Crippen LogP contribution in [0.15, 0.2) is 24.3 Å². The van der Waals surface area contributed by atoms with Crippen LogP contribution in [0.4, 0.5) is 0 Å². The van der Waals surface area contributed by atoms with Crippen LogP contribution in [0.25, 0.3) is 0 Å². The van der Waals surface area contributed by atoms with E-state index in [-0.39, 0.29) is 5.60 Å². The van der Waals surface area contributed by atoms with Crippen LogP contribution < -0.4 is 4.74 Å². The average Bonchev–Trinajstić information content (AvgIpc) is 2.53. The molecular formula is C20H22N2O2. The largest absolute Gasteiger partial charge is 0.472 e. The Morgan fingerprint density at radius 2 is 1.92 bits per heavy atom. The van der Waals surface area contributed by atoms with E-state index in [1.807, 2.05) is 32.9 Å². The van der Waals surface area contributed by atoms with Crippen LogP contribution in [-0.2, 0) is 24.4 Å². The number of aryl methyl sites for hydroxylation is 2. The molecular weight excluding hydrogens is 300 g/mol. The van der Waals surface area contributed by atoms with E-state index in [0.717, 1.165) is 22.4 Å². The molecule has 0 spiro atoms. The van der Waals surface area contributed by atoms with E-state index in [1.54, 1.807) is 0 Å². The summed E-state index contributed by atoms with van der Waals surface area (Å²) >= 11 is 0. The first-order valence-electron chi connectivity index (χ1n) is 8.14. The monoisotopic (exact) mass is 322 g/mol. The smallest absolute Gasteiger partial charge is 0.232 e. The summed E-state index contributed by atoms with van der Waals surface area (Å²) in [5.74, 6) is 0.423. The summed E-state index contributed by atoms with van der Waals surface area (Å²) < 4.78 is 11.8. The zero-order valence-electron chi connectivity index (χ0n) is 14.6. The molecule has 2 aromatic rings. The van der Waals surface area contributed by atoms with Gasteiger partial charge in [0.2, 0.25) is 5.88 Å². The van der Waals surface area contributed by atoms with Crippen LogP contribution in [0.1, 0.15) is 47.4 Å². The van der Waals surface area contributed by atoms with E-state index in [0.29, 0.717) is 31.1 Å². The maximum atomic E-state index is 9.66. The van der Waals surface area contributed by atoms with Crippen molar-refractivity contribution in [2.75, 3.05) is 0 Å². The van der Waals surface area contributed by atoms with Crippen LogP contribution >= 0.6 is 0 Å². The van der Waals surface area contributed by atoms with Crippen LogP contribution in [0.5, 0.6) is 5.88 Å². The van der Waals surface area contributed by atoms with Gasteiger partial charge in [-0.25, -0.2) is 4.98 Å². The first kappa shape index (κ1) is 16.5. The van der Waals surface area contributed by atoms with Crippen molar-refractivity contribution in [2.45, 2.75) is 52.9 Å². The van der Waals surface area contributed by atoms with Crippen LogP contribution in [0, 0.1) is 25.2 Å². The third-order valence-corrected chi connectivity index (χ3v) is 4.40. The van der Waals surface area contributed by atoms with Gasteiger partial charge in [0, 0.05) is 17.7 Å². The molecule has 4 heteroatoms. The first-order chi connectivity index (χ1) is 11.4. The Balaban J connectivity index is 1.92. The minimum Gasteiger partial charge on any atom is -0.472 e. The number of pyridine rings is 1. The molecule has 3 rings (SSSR count). The molecule has 4 nitrogen and oxygen atoms in total. The molecule has 0 atom stereocenters. The number of fused-ring (bicyclic) bond motifs is 1. The van der Waals surface area contributed by atoms with Gasteiger partial charge in [-0.1, -0.05) is 29.8 Å². The Hall–Kier alpha value is -2.38. The molecule has 0 unspecified atom stereocenters. The lowest BCUT2D eigenvalue weighted by molar-refractivity contribution is -0.0407. The van der Waals surface area contributed by atoms with Crippen molar-refractivity contribution in [1.82, 2.24) is 4.98 Å². The van der Waals surface area contributed by atoms with E-state index in [1.165, 1.54) is 5.56 Å². The predicted molar refractivity (Wildman–Crippen MR) is 91.8 cm³/mol. The number of aromatic nitrogens is 1. The number of hydrogen-bond acceptors (Lipinski definition) is 4. The van der Waals surface area contributed by atoms with Crippen molar-refractivity contribution in [3.63, 3.8) is 0 Å². The standard InChI is InChI=1S/C20H22N2O2/c1-13-5-7-15(8-6-13)11-23-19-17(10-21)16-9-20(3,4)24-12-18(16)14(2)22-19/h5-8H,9,11-12H2,1-4H3. The summed E-state index contributed by atoms with van der Waals surface area (Å²) in [4.78, 5) is 4.51. The summed E-state index contributed by atoms with van der Waals surface area (Å²) in [6, 6.07) is 10.5. The van der Waals surface area contributed by atoms with Crippen molar-refractivity contribution in [1.29, 1.82) is 5.26 Å². The van der Waals surface area contributed by atoms with Gasteiger partial charge < -0.3 is 9.47 Å². The zero-order valence-corrected chi connectivity index (χ0v) is 14.6. The first-order valence-corrected chi connectivity index (χ1v) is 8.14. The van der Waals surface area contributed by atoms with E-state index in [9.17, 15) is 5.26 Å². The molecule has 24 heavy (non-hydrogen) atoms. The number of rotatable bonds is 3. The lowest BCUT2D eigenvalue weighted by Crippen LogP contribution is -2.33. The molecule has 0 N–H and O–H groups in total. The minimum atomic E-state index is -0.277. The molecule has 0 bridgehead atoms. The summed E-state index contributed by atoms with van der Waals surface area (Å²) in [7, 11) is 0. The topological polar surface area (TPSA) is 55.1 Å². The van der Waals surface area contributed by atoms with Crippen molar-refractivity contribution in [3.8, 4) is 11.9 Å². The van der Waals surface area contributed by atoms with Gasteiger partial charge in [-0.05, 0) is 38.8 Å². The van der Waals surface area contributed by atoms with Gasteiger partial charge >= 0.3 is 0 Å². The Labute approximate surface area is 143 Å². The second-order valence-electron chi connectivity index (χ2n) is 6.95. The molecule has 0 radical (unpaired) electrons. The second kappa shape index (κ2) is 6.26. The van der Waals surface area contributed by atoms with Crippen molar-refractivity contribution in [2.24, 2.45) is 0 Å². The molecule has 1 aliphatic heterocycles. The highest BCUT2D eigenvalue weighted by molar-refractivity contribution is 5.51. The van der Waals surface area contributed by atoms with Crippen molar-refractivity contribution in [3.05, 3.63) is 57.8 Å². The summed E-state index contributed by atoms with van der Waals surface area (Å²) in [6.07, 6.45) is 0.690. The SMILES string of the molecule is Cc1ccc(COc2nc(C)c3c(c2C#N)CC(C)(C)OC3)cc1. The molecule has 0 fully saturated rings. The molecule has 2 heterocycles. The minimum absolute atomic E-state index is 0.277. The normalized spacial score (nSPS) is 15.5. The fourth-order valence-electron chi connectivity index (χ4n) is 2.96.